The maximum atomic E-state index is 11.1. The Labute approximate surface area is 97.9 Å². The van der Waals surface area contributed by atoms with Crippen LogP contribution >= 0.6 is 0 Å². The number of hydrogen-bond donors (Lipinski definition) is 1. The fraction of sp³-hybridized carbons (Fsp3) is 0.154. The van der Waals surface area contributed by atoms with Crippen LogP contribution in [0.5, 0.6) is 0 Å². The Morgan fingerprint density at radius 3 is 2.82 bits per heavy atom. The van der Waals surface area contributed by atoms with Crippen molar-refractivity contribution in [2.75, 3.05) is 0 Å². The maximum absolute atomic E-state index is 11.1. The third-order valence-electron chi connectivity index (χ3n) is 2.88. The average molecular weight is 229 g/mol. The van der Waals surface area contributed by atoms with Crippen LogP contribution in [0.2, 0.25) is 0 Å². The van der Waals surface area contributed by atoms with Crippen LogP contribution in [-0.2, 0) is 15.0 Å². The first-order valence-corrected chi connectivity index (χ1v) is 5.13. The van der Waals surface area contributed by atoms with Crippen molar-refractivity contribution >= 4 is 23.2 Å². The molecular weight excluding hydrogens is 218 g/mol. The van der Waals surface area contributed by atoms with E-state index < -0.39 is 11.4 Å². The molecule has 4 heteroatoms. The molecule has 0 saturated heterocycles. The first-order chi connectivity index (χ1) is 8.08. The fourth-order valence-corrected chi connectivity index (χ4v) is 1.64. The molecule has 2 rings (SSSR count). The minimum atomic E-state index is -1.51. The molecule has 0 saturated carbocycles. The molecule has 0 aliphatic carbocycles. The highest BCUT2D eigenvalue weighted by atomic mass is 16.4. The second-order valence-corrected chi connectivity index (χ2v) is 4.04. The van der Waals surface area contributed by atoms with E-state index in [2.05, 4.69) is 4.98 Å². The number of carbonyl (C=O) groups excluding carboxylic acids is 1. The van der Waals surface area contributed by atoms with Crippen molar-refractivity contribution in [3.05, 3.63) is 42.1 Å². The molecule has 1 aromatic heterocycles. The third kappa shape index (κ3) is 1.78. The Bertz CT molecular complexity index is 594. The number of carbonyl (C=O) groups is 2. The predicted octanol–water partition coefficient (Wildman–Crippen LogP) is 1.78. The highest BCUT2D eigenvalue weighted by molar-refractivity contribution is 5.99. The highest BCUT2D eigenvalue weighted by Gasteiger charge is 2.35. The molecule has 1 N–H and O–H groups in total. The minimum Gasteiger partial charge on any atom is -0.480 e. The zero-order valence-corrected chi connectivity index (χ0v) is 9.25. The Kier molecular flexibility index (Phi) is 2.63. The molecule has 1 atom stereocenters. The molecule has 0 bridgehead atoms. The van der Waals surface area contributed by atoms with E-state index in [9.17, 15) is 9.59 Å². The van der Waals surface area contributed by atoms with E-state index in [-0.39, 0.29) is 0 Å². The summed E-state index contributed by atoms with van der Waals surface area (Å²) < 4.78 is 0. The van der Waals surface area contributed by atoms with Gasteiger partial charge in [-0.15, -0.1) is 0 Å². The van der Waals surface area contributed by atoms with Crippen molar-refractivity contribution in [1.29, 1.82) is 0 Å². The minimum absolute atomic E-state index is 0.451. The predicted molar refractivity (Wildman–Crippen MR) is 62.8 cm³/mol. The molecule has 2 aromatic rings. The zero-order valence-electron chi connectivity index (χ0n) is 9.25. The standard InChI is InChI=1S/C13H11NO3/c1-13(8-15,12(16)17)10-4-5-11-9(7-10)3-2-6-14-11/h2-8H,1H3,(H,16,17). The smallest absolute Gasteiger partial charge is 0.321 e. The fourth-order valence-electron chi connectivity index (χ4n) is 1.64. The van der Waals surface area contributed by atoms with E-state index in [4.69, 9.17) is 5.11 Å². The lowest BCUT2D eigenvalue weighted by Crippen LogP contribution is -2.33. The Morgan fingerprint density at radius 1 is 1.41 bits per heavy atom. The first kappa shape index (κ1) is 11.3. The Hall–Kier alpha value is -2.23. The van der Waals surface area contributed by atoms with Gasteiger partial charge in [0.05, 0.1) is 5.52 Å². The molecule has 17 heavy (non-hydrogen) atoms. The normalized spacial score (nSPS) is 14.2. The van der Waals surface area contributed by atoms with Crippen LogP contribution < -0.4 is 0 Å². The first-order valence-electron chi connectivity index (χ1n) is 5.13. The molecule has 0 spiro atoms. The molecule has 0 fully saturated rings. The summed E-state index contributed by atoms with van der Waals surface area (Å²) >= 11 is 0. The van der Waals surface area contributed by atoms with Gasteiger partial charge < -0.3 is 9.90 Å². The van der Waals surface area contributed by atoms with Crippen molar-refractivity contribution in [3.8, 4) is 0 Å². The summed E-state index contributed by atoms with van der Waals surface area (Å²) in [5, 5.41) is 9.93. The summed E-state index contributed by atoms with van der Waals surface area (Å²) in [5.41, 5.74) is -0.278. The average Bonchev–Trinajstić information content (AvgIpc) is 2.37. The second kappa shape index (κ2) is 3.97. The number of hydrogen-bond acceptors (Lipinski definition) is 3. The van der Waals surface area contributed by atoms with Crippen molar-refractivity contribution in [2.24, 2.45) is 0 Å². The van der Waals surface area contributed by atoms with Crippen molar-refractivity contribution in [1.82, 2.24) is 4.98 Å². The van der Waals surface area contributed by atoms with Crippen molar-refractivity contribution < 1.29 is 14.7 Å². The van der Waals surface area contributed by atoms with Gasteiger partial charge in [0.2, 0.25) is 0 Å². The van der Waals surface area contributed by atoms with Gasteiger partial charge in [0.25, 0.3) is 0 Å². The van der Waals surface area contributed by atoms with Gasteiger partial charge >= 0.3 is 5.97 Å². The molecule has 0 aliphatic heterocycles. The van der Waals surface area contributed by atoms with Gasteiger partial charge in [0.15, 0.2) is 0 Å². The number of fused-ring (bicyclic) bond motifs is 1. The second-order valence-electron chi connectivity index (χ2n) is 4.04. The van der Waals surface area contributed by atoms with Gasteiger partial charge in [-0.25, -0.2) is 0 Å². The number of rotatable bonds is 3. The summed E-state index contributed by atoms with van der Waals surface area (Å²) in [6, 6.07) is 8.63. The van der Waals surface area contributed by atoms with Crippen LogP contribution in [0.3, 0.4) is 0 Å². The Balaban J connectivity index is 2.63. The number of aromatic nitrogens is 1. The van der Waals surface area contributed by atoms with E-state index in [0.717, 1.165) is 10.9 Å². The molecule has 1 unspecified atom stereocenters. The SMILES string of the molecule is CC(C=O)(C(=O)O)c1ccc2ncccc2c1. The van der Waals surface area contributed by atoms with Gasteiger partial charge in [0.1, 0.15) is 11.7 Å². The van der Waals surface area contributed by atoms with E-state index in [1.54, 1.807) is 30.5 Å². The zero-order chi connectivity index (χ0) is 12.5. The molecule has 0 amide bonds. The maximum Gasteiger partial charge on any atom is 0.321 e. The van der Waals surface area contributed by atoms with Gasteiger partial charge in [-0.1, -0.05) is 12.1 Å². The number of carboxylic acid groups (broad SMARTS) is 1. The third-order valence-corrected chi connectivity index (χ3v) is 2.88. The van der Waals surface area contributed by atoms with Crippen molar-refractivity contribution in [2.45, 2.75) is 12.3 Å². The quantitative estimate of drug-likeness (QED) is 0.643. The summed E-state index contributed by atoms with van der Waals surface area (Å²) in [5.74, 6) is -1.16. The molecule has 0 aliphatic rings. The van der Waals surface area contributed by atoms with E-state index in [1.165, 1.54) is 6.92 Å². The lowest BCUT2D eigenvalue weighted by atomic mass is 9.83. The largest absolute Gasteiger partial charge is 0.480 e. The summed E-state index contributed by atoms with van der Waals surface area (Å²) in [4.78, 5) is 26.3. The Morgan fingerprint density at radius 2 is 2.18 bits per heavy atom. The topological polar surface area (TPSA) is 67.3 Å². The number of aliphatic carboxylic acids is 1. The molecule has 0 radical (unpaired) electrons. The number of benzene rings is 1. The van der Waals surface area contributed by atoms with Crippen LogP contribution in [0, 0.1) is 0 Å². The van der Waals surface area contributed by atoms with E-state index >= 15 is 0 Å². The number of aldehydes is 1. The van der Waals surface area contributed by atoms with Crippen molar-refractivity contribution in [3.63, 3.8) is 0 Å². The molecule has 4 nitrogen and oxygen atoms in total. The number of carboxylic acids is 1. The van der Waals surface area contributed by atoms with Crippen LogP contribution in [0.1, 0.15) is 12.5 Å². The molecule has 86 valence electrons. The van der Waals surface area contributed by atoms with Gasteiger partial charge in [0, 0.05) is 11.6 Å². The molecular formula is C13H11NO3. The highest BCUT2D eigenvalue weighted by Crippen LogP contribution is 2.25. The van der Waals surface area contributed by atoms with Crippen LogP contribution in [0.25, 0.3) is 10.9 Å². The van der Waals surface area contributed by atoms with Crippen LogP contribution in [-0.4, -0.2) is 22.3 Å². The van der Waals surface area contributed by atoms with E-state index in [0.29, 0.717) is 11.8 Å². The van der Waals surface area contributed by atoms with Gasteiger partial charge in [-0.3, -0.25) is 9.78 Å². The summed E-state index contributed by atoms with van der Waals surface area (Å²) in [7, 11) is 0. The monoisotopic (exact) mass is 229 g/mol. The van der Waals surface area contributed by atoms with Gasteiger partial charge in [-0.05, 0) is 30.7 Å². The van der Waals surface area contributed by atoms with Crippen LogP contribution in [0.4, 0.5) is 0 Å². The lowest BCUT2D eigenvalue weighted by Gasteiger charge is -2.18. The number of pyridine rings is 1. The summed E-state index contributed by atoms with van der Waals surface area (Å²) in [6.45, 7) is 1.39. The van der Waals surface area contributed by atoms with Gasteiger partial charge in [-0.2, -0.15) is 0 Å². The number of nitrogens with zero attached hydrogens (tertiary/aromatic N) is 1. The van der Waals surface area contributed by atoms with E-state index in [1.807, 2.05) is 6.07 Å². The summed E-state index contributed by atoms with van der Waals surface area (Å²) in [6.07, 6.45) is 2.12. The molecule has 1 aromatic carbocycles. The lowest BCUT2D eigenvalue weighted by molar-refractivity contribution is -0.145. The molecule has 1 heterocycles. The van der Waals surface area contributed by atoms with Crippen LogP contribution in [0.15, 0.2) is 36.5 Å².